The van der Waals surface area contributed by atoms with Gasteiger partial charge in [0.2, 0.25) is 15.9 Å². The molecule has 0 aliphatic rings. The van der Waals surface area contributed by atoms with E-state index >= 15 is 0 Å². The van der Waals surface area contributed by atoms with Crippen LogP contribution in [0.5, 0.6) is 5.75 Å². The molecule has 0 aliphatic heterocycles. The second-order valence-corrected chi connectivity index (χ2v) is 8.76. The normalized spacial score (nSPS) is 12.3. The molecule has 0 bridgehead atoms. The summed E-state index contributed by atoms with van der Waals surface area (Å²) in [6, 6.07) is 13.0. The van der Waals surface area contributed by atoms with Gasteiger partial charge >= 0.3 is 0 Å². The Kier molecular flexibility index (Phi) is 7.32. The minimum atomic E-state index is -3.71. The number of sulfonamides is 1. The molecule has 1 atom stereocenters. The predicted octanol–water partition coefficient (Wildman–Crippen LogP) is 3.55. The first-order valence-corrected chi connectivity index (χ1v) is 11.0. The highest BCUT2D eigenvalue weighted by atomic mass is 35.5. The summed E-state index contributed by atoms with van der Waals surface area (Å²) >= 11 is 6.04. The summed E-state index contributed by atoms with van der Waals surface area (Å²) in [5, 5.41) is 0.399. The lowest BCUT2D eigenvalue weighted by Gasteiger charge is -2.33. The Balaban J connectivity index is 2.35. The van der Waals surface area contributed by atoms with Crippen LogP contribution in [0.1, 0.15) is 18.9 Å². The lowest BCUT2D eigenvalue weighted by Crippen LogP contribution is -2.49. The Morgan fingerprint density at radius 2 is 1.86 bits per heavy atom. The maximum absolute atomic E-state index is 13.2. The van der Waals surface area contributed by atoms with Gasteiger partial charge in [-0.15, -0.1) is 0 Å². The standard InChI is InChI=1S/C20H25ClN2O4S/c1-5-18(23(28(4,25)26)17-11-8-10-16(21)13-17)20(24)22(2)14-15-9-6-7-12-19(15)27-3/h6-13,18H,5,14H2,1-4H3/t18-/m0/s1. The number of carbonyl (C=O) groups excluding carboxylic acids is 1. The second kappa shape index (κ2) is 9.30. The number of benzene rings is 2. The molecule has 0 radical (unpaired) electrons. The quantitative estimate of drug-likeness (QED) is 0.649. The first-order valence-electron chi connectivity index (χ1n) is 8.80. The van der Waals surface area contributed by atoms with E-state index in [-0.39, 0.29) is 5.91 Å². The Bertz CT molecular complexity index is 933. The molecule has 28 heavy (non-hydrogen) atoms. The van der Waals surface area contributed by atoms with Gasteiger partial charge in [0.25, 0.3) is 0 Å². The summed E-state index contributed by atoms with van der Waals surface area (Å²) in [5.74, 6) is 0.365. The number of ether oxygens (including phenoxy) is 1. The van der Waals surface area contributed by atoms with Gasteiger partial charge in [-0.25, -0.2) is 8.42 Å². The molecule has 0 saturated carbocycles. The molecule has 2 rings (SSSR count). The van der Waals surface area contributed by atoms with Crippen molar-refractivity contribution < 1.29 is 17.9 Å². The minimum Gasteiger partial charge on any atom is -0.496 e. The average molecular weight is 425 g/mol. The van der Waals surface area contributed by atoms with Crippen LogP contribution in [0.25, 0.3) is 0 Å². The number of methoxy groups -OCH3 is 1. The Labute approximate surface area is 171 Å². The third-order valence-electron chi connectivity index (χ3n) is 4.35. The van der Waals surface area contributed by atoms with E-state index in [2.05, 4.69) is 0 Å². The van der Waals surface area contributed by atoms with Crippen LogP contribution < -0.4 is 9.04 Å². The van der Waals surface area contributed by atoms with Crippen molar-refractivity contribution >= 4 is 33.2 Å². The smallest absolute Gasteiger partial charge is 0.246 e. The maximum Gasteiger partial charge on any atom is 0.246 e. The van der Waals surface area contributed by atoms with E-state index in [1.165, 1.54) is 4.90 Å². The largest absolute Gasteiger partial charge is 0.496 e. The summed E-state index contributed by atoms with van der Waals surface area (Å²) in [4.78, 5) is 14.7. The number of halogens is 1. The highest BCUT2D eigenvalue weighted by Crippen LogP contribution is 2.27. The third kappa shape index (κ3) is 5.17. The van der Waals surface area contributed by atoms with E-state index in [0.29, 0.717) is 29.4 Å². The van der Waals surface area contributed by atoms with Crippen molar-refractivity contribution in [1.82, 2.24) is 4.90 Å². The molecule has 0 aromatic heterocycles. The van der Waals surface area contributed by atoms with Crippen molar-refractivity contribution in [3.8, 4) is 5.75 Å². The molecule has 0 N–H and O–H groups in total. The fraction of sp³-hybridized carbons (Fsp3) is 0.350. The van der Waals surface area contributed by atoms with Crippen molar-refractivity contribution in [2.24, 2.45) is 0 Å². The average Bonchev–Trinajstić information content (AvgIpc) is 2.64. The zero-order valence-corrected chi connectivity index (χ0v) is 18.0. The van der Waals surface area contributed by atoms with E-state index < -0.39 is 16.1 Å². The summed E-state index contributed by atoms with van der Waals surface area (Å²) in [5.41, 5.74) is 1.20. The fourth-order valence-corrected chi connectivity index (χ4v) is 4.46. The SMILES string of the molecule is CC[C@@H](C(=O)N(C)Cc1ccccc1OC)N(c1cccc(Cl)c1)S(C)(=O)=O. The molecule has 0 aliphatic carbocycles. The number of rotatable bonds is 8. The number of amides is 1. The monoisotopic (exact) mass is 424 g/mol. The number of para-hydroxylation sites is 1. The van der Waals surface area contributed by atoms with Crippen molar-refractivity contribution in [3.63, 3.8) is 0 Å². The number of nitrogens with zero attached hydrogens (tertiary/aromatic N) is 2. The van der Waals surface area contributed by atoms with Crippen molar-refractivity contribution in [2.45, 2.75) is 25.9 Å². The van der Waals surface area contributed by atoms with E-state index in [9.17, 15) is 13.2 Å². The minimum absolute atomic E-state index is 0.298. The zero-order chi connectivity index (χ0) is 20.9. The molecule has 0 fully saturated rings. The van der Waals surface area contributed by atoms with E-state index in [1.807, 2.05) is 24.3 Å². The van der Waals surface area contributed by atoms with Crippen LogP contribution in [0, 0.1) is 0 Å². The predicted molar refractivity (Wildman–Crippen MR) is 112 cm³/mol. The van der Waals surface area contributed by atoms with Crippen molar-refractivity contribution in [2.75, 3.05) is 24.7 Å². The van der Waals surface area contributed by atoms with Crippen LogP contribution in [0.4, 0.5) is 5.69 Å². The molecular weight excluding hydrogens is 400 g/mol. The van der Waals surface area contributed by atoms with E-state index in [1.54, 1.807) is 45.3 Å². The second-order valence-electron chi connectivity index (χ2n) is 6.47. The van der Waals surface area contributed by atoms with Gasteiger partial charge in [0.15, 0.2) is 0 Å². The highest BCUT2D eigenvalue weighted by Gasteiger charge is 2.33. The summed E-state index contributed by atoms with van der Waals surface area (Å²) in [7, 11) is -0.490. The van der Waals surface area contributed by atoms with Crippen LogP contribution in [-0.2, 0) is 21.4 Å². The zero-order valence-electron chi connectivity index (χ0n) is 16.4. The van der Waals surface area contributed by atoms with Crippen LogP contribution in [-0.4, -0.2) is 45.7 Å². The van der Waals surface area contributed by atoms with Gasteiger partial charge in [0, 0.05) is 24.2 Å². The van der Waals surface area contributed by atoms with Gasteiger partial charge in [-0.3, -0.25) is 9.10 Å². The number of carbonyl (C=O) groups is 1. The topological polar surface area (TPSA) is 66.9 Å². The number of anilines is 1. The van der Waals surface area contributed by atoms with Crippen LogP contribution in [0.3, 0.4) is 0 Å². The first kappa shape index (κ1) is 22.0. The lowest BCUT2D eigenvalue weighted by molar-refractivity contribution is -0.131. The van der Waals surface area contributed by atoms with Gasteiger partial charge < -0.3 is 9.64 Å². The van der Waals surface area contributed by atoms with E-state index in [4.69, 9.17) is 16.3 Å². The van der Waals surface area contributed by atoms with Crippen LogP contribution in [0.2, 0.25) is 5.02 Å². The first-order chi connectivity index (χ1) is 13.2. The molecule has 6 nitrogen and oxygen atoms in total. The molecule has 0 saturated heterocycles. The van der Waals surface area contributed by atoms with Gasteiger partial charge in [-0.05, 0) is 30.7 Å². The third-order valence-corrected chi connectivity index (χ3v) is 5.77. The summed E-state index contributed by atoms with van der Waals surface area (Å²) < 4.78 is 31.5. The van der Waals surface area contributed by atoms with Gasteiger partial charge in [-0.2, -0.15) is 0 Å². The molecule has 2 aromatic carbocycles. The molecule has 152 valence electrons. The maximum atomic E-state index is 13.2. The Morgan fingerprint density at radius 3 is 2.43 bits per heavy atom. The summed E-state index contributed by atoms with van der Waals surface area (Å²) in [6.45, 7) is 2.08. The van der Waals surface area contributed by atoms with Crippen molar-refractivity contribution in [3.05, 3.63) is 59.1 Å². The summed E-state index contributed by atoms with van der Waals surface area (Å²) in [6.07, 6.45) is 1.40. The Hall–Kier alpha value is -2.25. The molecular formula is C20H25ClN2O4S. The number of hydrogen-bond donors (Lipinski definition) is 0. The van der Waals surface area contributed by atoms with Gasteiger partial charge in [-0.1, -0.05) is 42.8 Å². The number of hydrogen-bond acceptors (Lipinski definition) is 4. The Morgan fingerprint density at radius 1 is 1.18 bits per heavy atom. The van der Waals surface area contributed by atoms with Gasteiger partial charge in [0.05, 0.1) is 19.1 Å². The van der Waals surface area contributed by atoms with Crippen molar-refractivity contribution in [1.29, 1.82) is 0 Å². The molecule has 2 aromatic rings. The molecule has 8 heteroatoms. The van der Waals surface area contributed by atoms with E-state index in [0.717, 1.165) is 16.1 Å². The molecule has 1 amide bonds. The number of likely N-dealkylation sites (N-methyl/N-ethyl adjacent to an activating group) is 1. The molecule has 0 spiro atoms. The molecule has 0 heterocycles. The fourth-order valence-electron chi connectivity index (χ4n) is 3.08. The molecule has 0 unspecified atom stereocenters. The van der Waals surface area contributed by atoms with Crippen LogP contribution >= 0.6 is 11.6 Å². The van der Waals surface area contributed by atoms with Gasteiger partial charge in [0.1, 0.15) is 11.8 Å². The van der Waals surface area contributed by atoms with Crippen LogP contribution in [0.15, 0.2) is 48.5 Å². The highest BCUT2D eigenvalue weighted by molar-refractivity contribution is 7.92. The lowest BCUT2D eigenvalue weighted by atomic mass is 10.1.